The van der Waals surface area contributed by atoms with Crippen molar-refractivity contribution in [2.24, 2.45) is 5.73 Å². The third-order valence-corrected chi connectivity index (χ3v) is 2.98. The number of anilines is 1. The number of hydrogen-bond donors (Lipinski definition) is 2. The Labute approximate surface area is 120 Å². The maximum Gasteiger partial charge on any atom is 0.250 e. The van der Waals surface area contributed by atoms with Crippen molar-refractivity contribution < 1.29 is 4.79 Å². The first-order chi connectivity index (χ1) is 10.1. The molecule has 0 saturated carbocycles. The highest BCUT2D eigenvalue weighted by Gasteiger charge is 2.11. The maximum atomic E-state index is 11.3. The third kappa shape index (κ3) is 2.44. The standard InChI is InChI=1S/C14H12N6O/c15-12-7-6-10(8-11(12)13(16)21)20-18-14(17-19-20)9-4-2-1-3-5-9/h1-8H,15H2,(H2,16,21). The van der Waals surface area contributed by atoms with Gasteiger partial charge < -0.3 is 11.5 Å². The van der Waals surface area contributed by atoms with Crippen LogP contribution in [0.4, 0.5) is 5.69 Å². The average Bonchev–Trinajstić information content (AvgIpc) is 2.98. The van der Waals surface area contributed by atoms with E-state index in [1.807, 2.05) is 30.3 Å². The molecule has 0 atom stereocenters. The molecule has 3 rings (SSSR count). The predicted molar refractivity (Wildman–Crippen MR) is 77.5 cm³/mol. The van der Waals surface area contributed by atoms with Crippen LogP contribution in [0.5, 0.6) is 0 Å². The van der Waals surface area contributed by atoms with Crippen LogP contribution in [0.25, 0.3) is 17.1 Å². The van der Waals surface area contributed by atoms with Crippen LogP contribution in [0.15, 0.2) is 48.5 Å². The third-order valence-electron chi connectivity index (χ3n) is 2.98. The highest BCUT2D eigenvalue weighted by Crippen LogP contribution is 2.17. The zero-order valence-electron chi connectivity index (χ0n) is 11.0. The van der Waals surface area contributed by atoms with E-state index in [0.717, 1.165) is 5.56 Å². The highest BCUT2D eigenvalue weighted by molar-refractivity contribution is 5.98. The largest absolute Gasteiger partial charge is 0.398 e. The van der Waals surface area contributed by atoms with Crippen LogP contribution in [-0.4, -0.2) is 26.1 Å². The lowest BCUT2D eigenvalue weighted by Gasteiger charge is -2.04. The van der Waals surface area contributed by atoms with E-state index >= 15 is 0 Å². The van der Waals surface area contributed by atoms with Crippen LogP contribution < -0.4 is 11.5 Å². The van der Waals surface area contributed by atoms with E-state index in [0.29, 0.717) is 17.2 Å². The summed E-state index contributed by atoms with van der Waals surface area (Å²) in [6, 6.07) is 14.3. The molecule has 0 radical (unpaired) electrons. The van der Waals surface area contributed by atoms with Gasteiger partial charge in [0.1, 0.15) is 0 Å². The molecule has 1 heterocycles. The second-order valence-corrected chi connectivity index (χ2v) is 4.40. The SMILES string of the molecule is NC(=O)c1cc(-n2nnc(-c3ccccc3)n2)ccc1N. The summed E-state index contributed by atoms with van der Waals surface area (Å²) in [6.45, 7) is 0. The van der Waals surface area contributed by atoms with Crippen molar-refractivity contribution in [1.29, 1.82) is 0 Å². The topological polar surface area (TPSA) is 113 Å². The van der Waals surface area contributed by atoms with Gasteiger partial charge in [0.15, 0.2) is 0 Å². The first-order valence-electron chi connectivity index (χ1n) is 6.20. The molecular weight excluding hydrogens is 268 g/mol. The number of carbonyl (C=O) groups is 1. The molecule has 7 nitrogen and oxygen atoms in total. The van der Waals surface area contributed by atoms with Crippen molar-refractivity contribution >= 4 is 11.6 Å². The van der Waals surface area contributed by atoms with Crippen LogP contribution in [-0.2, 0) is 0 Å². The normalized spacial score (nSPS) is 10.5. The Morgan fingerprint density at radius 2 is 1.86 bits per heavy atom. The van der Waals surface area contributed by atoms with Crippen LogP contribution in [0, 0.1) is 0 Å². The lowest BCUT2D eigenvalue weighted by Crippen LogP contribution is -2.14. The minimum atomic E-state index is -0.599. The molecule has 21 heavy (non-hydrogen) atoms. The summed E-state index contributed by atoms with van der Waals surface area (Å²) in [5, 5.41) is 12.3. The van der Waals surface area contributed by atoms with E-state index in [9.17, 15) is 4.79 Å². The Balaban J connectivity index is 2.01. The molecule has 0 spiro atoms. The van der Waals surface area contributed by atoms with E-state index in [-0.39, 0.29) is 5.56 Å². The number of amides is 1. The molecule has 104 valence electrons. The fourth-order valence-electron chi connectivity index (χ4n) is 1.91. The summed E-state index contributed by atoms with van der Waals surface area (Å²) in [4.78, 5) is 12.6. The van der Waals surface area contributed by atoms with Crippen LogP contribution in [0.2, 0.25) is 0 Å². The lowest BCUT2D eigenvalue weighted by atomic mass is 10.1. The summed E-state index contributed by atoms with van der Waals surface area (Å²) in [5.74, 6) is -0.106. The molecule has 0 saturated heterocycles. The fraction of sp³-hybridized carbons (Fsp3) is 0. The summed E-state index contributed by atoms with van der Waals surface area (Å²) in [5.41, 5.74) is 12.9. The average molecular weight is 280 g/mol. The number of aromatic nitrogens is 4. The quantitative estimate of drug-likeness (QED) is 0.695. The number of tetrazole rings is 1. The van der Waals surface area contributed by atoms with E-state index in [1.54, 1.807) is 12.1 Å². The van der Waals surface area contributed by atoms with Gasteiger partial charge in [-0.1, -0.05) is 30.3 Å². The van der Waals surface area contributed by atoms with Crippen LogP contribution in [0.1, 0.15) is 10.4 Å². The van der Waals surface area contributed by atoms with Gasteiger partial charge in [0, 0.05) is 11.3 Å². The smallest absolute Gasteiger partial charge is 0.250 e. The predicted octanol–water partition coefficient (Wildman–Crippen LogP) is 1.01. The Morgan fingerprint density at radius 1 is 1.10 bits per heavy atom. The zero-order valence-corrected chi connectivity index (χ0v) is 11.0. The highest BCUT2D eigenvalue weighted by atomic mass is 16.1. The van der Waals surface area contributed by atoms with Gasteiger partial charge in [-0.3, -0.25) is 4.79 Å². The summed E-state index contributed by atoms with van der Waals surface area (Å²) in [7, 11) is 0. The van der Waals surface area contributed by atoms with Gasteiger partial charge >= 0.3 is 0 Å². The second-order valence-electron chi connectivity index (χ2n) is 4.40. The van der Waals surface area contributed by atoms with Crippen molar-refractivity contribution in [3.05, 3.63) is 54.1 Å². The zero-order chi connectivity index (χ0) is 14.8. The molecule has 0 aliphatic heterocycles. The van der Waals surface area contributed by atoms with Crippen molar-refractivity contribution in [2.75, 3.05) is 5.73 Å². The van der Waals surface area contributed by atoms with Gasteiger partial charge in [0.05, 0.1) is 11.3 Å². The number of hydrogen-bond acceptors (Lipinski definition) is 5. The van der Waals surface area contributed by atoms with Crippen molar-refractivity contribution in [1.82, 2.24) is 20.2 Å². The molecule has 1 amide bonds. The molecule has 4 N–H and O–H groups in total. The van der Waals surface area contributed by atoms with Gasteiger partial charge in [-0.05, 0) is 23.4 Å². The molecule has 0 aliphatic carbocycles. The van der Waals surface area contributed by atoms with E-state index in [2.05, 4.69) is 15.4 Å². The number of rotatable bonds is 3. The molecule has 3 aromatic rings. The molecule has 0 bridgehead atoms. The van der Waals surface area contributed by atoms with Crippen molar-refractivity contribution in [2.45, 2.75) is 0 Å². The first kappa shape index (κ1) is 12.8. The molecule has 0 unspecified atom stereocenters. The van der Waals surface area contributed by atoms with Crippen molar-refractivity contribution in [3.8, 4) is 17.1 Å². The van der Waals surface area contributed by atoms with E-state index in [4.69, 9.17) is 11.5 Å². The van der Waals surface area contributed by atoms with Crippen molar-refractivity contribution in [3.63, 3.8) is 0 Å². The minimum absolute atomic E-state index is 0.228. The van der Waals surface area contributed by atoms with Crippen LogP contribution in [0.3, 0.4) is 0 Å². The minimum Gasteiger partial charge on any atom is -0.398 e. The number of nitrogens with zero attached hydrogens (tertiary/aromatic N) is 4. The maximum absolute atomic E-state index is 11.3. The Kier molecular flexibility index (Phi) is 3.07. The number of carbonyl (C=O) groups excluding carboxylic acids is 1. The van der Waals surface area contributed by atoms with E-state index < -0.39 is 5.91 Å². The molecule has 0 aliphatic rings. The van der Waals surface area contributed by atoms with E-state index in [1.165, 1.54) is 10.9 Å². The molecule has 1 aromatic heterocycles. The monoisotopic (exact) mass is 280 g/mol. The molecule has 0 fully saturated rings. The summed E-state index contributed by atoms with van der Waals surface area (Å²) < 4.78 is 0. The van der Waals surface area contributed by atoms with Crippen LogP contribution >= 0.6 is 0 Å². The fourth-order valence-corrected chi connectivity index (χ4v) is 1.91. The van der Waals surface area contributed by atoms with Gasteiger partial charge in [0.2, 0.25) is 5.82 Å². The Hall–Kier alpha value is -3.22. The summed E-state index contributed by atoms with van der Waals surface area (Å²) in [6.07, 6.45) is 0. The summed E-state index contributed by atoms with van der Waals surface area (Å²) >= 11 is 0. The molecule has 7 heteroatoms. The first-order valence-corrected chi connectivity index (χ1v) is 6.20. The van der Waals surface area contributed by atoms with Gasteiger partial charge in [-0.25, -0.2) is 0 Å². The number of nitrogen functional groups attached to an aromatic ring is 1. The van der Waals surface area contributed by atoms with Gasteiger partial charge in [-0.2, -0.15) is 0 Å². The number of nitrogens with two attached hydrogens (primary N) is 2. The lowest BCUT2D eigenvalue weighted by molar-refractivity contribution is 0.100. The molecule has 2 aromatic carbocycles. The Morgan fingerprint density at radius 3 is 2.57 bits per heavy atom. The number of primary amides is 1. The van der Waals surface area contributed by atoms with Gasteiger partial charge in [0.25, 0.3) is 5.91 Å². The van der Waals surface area contributed by atoms with Gasteiger partial charge in [-0.15, -0.1) is 15.0 Å². The number of benzene rings is 2. The molecular formula is C14H12N6O. The second kappa shape index (κ2) is 5.04. The Bertz CT molecular complexity index is 796.